The van der Waals surface area contributed by atoms with E-state index in [9.17, 15) is 4.39 Å². The fraction of sp³-hybridized carbons (Fsp3) is 0.217. The van der Waals surface area contributed by atoms with Gasteiger partial charge in [-0.05, 0) is 60.2 Å². The molecule has 2 nitrogen and oxygen atoms in total. The van der Waals surface area contributed by atoms with Crippen LogP contribution in [0.5, 0.6) is 0 Å². The minimum absolute atomic E-state index is 0.149. The molecule has 2 aromatic rings. The van der Waals surface area contributed by atoms with E-state index in [1.807, 2.05) is 36.4 Å². The summed E-state index contributed by atoms with van der Waals surface area (Å²) in [5, 5.41) is 0. The molecule has 0 atom stereocenters. The molecular formula is C23H22FNOS. The average Bonchev–Trinajstić information content (AvgIpc) is 2.72. The second-order valence-corrected chi connectivity index (χ2v) is 7.76. The molecule has 0 bridgehead atoms. The quantitative estimate of drug-likeness (QED) is 0.601. The maximum atomic E-state index is 14.8. The molecule has 0 unspecified atom stereocenters. The highest BCUT2D eigenvalue weighted by Gasteiger charge is 2.18. The predicted octanol–water partition coefficient (Wildman–Crippen LogP) is 6.04. The third-order valence-electron chi connectivity index (χ3n) is 4.84. The number of hydrogen-bond acceptors (Lipinski definition) is 3. The molecule has 0 N–H and O–H groups in total. The highest BCUT2D eigenvalue weighted by Crippen LogP contribution is 2.38. The maximum Gasteiger partial charge on any atom is 0.128 e. The van der Waals surface area contributed by atoms with Crippen molar-refractivity contribution in [2.24, 2.45) is 0 Å². The van der Waals surface area contributed by atoms with Crippen molar-refractivity contribution in [2.75, 3.05) is 13.2 Å². The zero-order valence-corrected chi connectivity index (χ0v) is 16.1. The molecule has 4 heteroatoms. The number of benzene rings is 2. The van der Waals surface area contributed by atoms with Crippen molar-refractivity contribution in [3.05, 3.63) is 95.0 Å². The SMILES string of the molecule is CC1=CC=C(c2ccccc2)SN1Cc1ccc(C2=CCOCC2)cc1F. The number of rotatable bonds is 4. The summed E-state index contributed by atoms with van der Waals surface area (Å²) in [5.74, 6) is -0.149. The molecule has 0 saturated heterocycles. The summed E-state index contributed by atoms with van der Waals surface area (Å²) in [7, 11) is 0. The van der Waals surface area contributed by atoms with Gasteiger partial charge in [-0.15, -0.1) is 0 Å². The van der Waals surface area contributed by atoms with E-state index in [4.69, 9.17) is 4.74 Å². The number of ether oxygens (including phenoxy) is 1. The van der Waals surface area contributed by atoms with Gasteiger partial charge in [-0.2, -0.15) is 0 Å². The summed E-state index contributed by atoms with van der Waals surface area (Å²) in [4.78, 5) is 1.17. The van der Waals surface area contributed by atoms with Gasteiger partial charge in [0.05, 0.1) is 19.8 Å². The van der Waals surface area contributed by atoms with Gasteiger partial charge in [-0.1, -0.05) is 48.5 Å². The van der Waals surface area contributed by atoms with Gasteiger partial charge in [0.2, 0.25) is 0 Å². The second kappa shape index (κ2) is 8.15. The van der Waals surface area contributed by atoms with E-state index < -0.39 is 0 Å². The highest BCUT2D eigenvalue weighted by molar-refractivity contribution is 8.06. The van der Waals surface area contributed by atoms with Gasteiger partial charge >= 0.3 is 0 Å². The Kier molecular flexibility index (Phi) is 5.46. The molecule has 0 fully saturated rings. The van der Waals surface area contributed by atoms with E-state index in [2.05, 4.69) is 35.5 Å². The summed E-state index contributed by atoms with van der Waals surface area (Å²) in [6.07, 6.45) is 7.11. The first-order valence-electron chi connectivity index (χ1n) is 9.16. The molecule has 2 aliphatic heterocycles. The van der Waals surface area contributed by atoms with Crippen LogP contribution < -0.4 is 0 Å². The number of hydrogen-bond donors (Lipinski definition) is 0. The Morgan fingerprint density at radius 3 is 2.67 bits per heavy atom. The zero-order chi connectivity index (χ0) is 18.6. The van der Waals surface area contributed by atoms with Gasteiger partial charge in [-0.25, -0.2) is 4.39 Å². The van der Waals surface area contributed by atoms with Crippen molar-refractivity contribution in [3.63, 3.8) is 0 Å². The standard InChI is InChI=1S/C23H22FNOS/c1-17-7-10-23(19-5-3-2-4-6-19)27-25(17)16-21-9-8-20(15-22(21)24)18-11-13-26-14-12-18/h2-11,15H,12-14,16H2,1H3. The molecule has 0 aliphatic carbocycles. The van der Waals surface area contributed by atoms with Crippen molar-refractivity contribution >= 4 is 22.4 Å². The molecule has 27 heavy (non-hydrogen) atoms. The minimum atomic E-state index is -0.149. The minimum Gasteiger partial charge on any atom is -0.377 e. The lowest BCUT2D eigenvalue weighted by molar-refractivity contribution is 0.161. The summed E-state index contributed by atoms with van der Waals surface area (Å²) < 4.78 is 22.3. The fourth-order valence-electron chi connectivity index (χ4n) is 3.23. The Bertz CT molecular complexity index is 917. The molecule has 0 radical (unpaired) electrons. The Labute approximate surface area is 164 Å². The van der Waals surface area contributed by atoms with Crippen molar-refractivity contribution in [1.29, 1.82) is 0 Å². The normalized spacial score (nSPS) is 17.3. The summed E-state index contributed by atoms with van der Waals surface area (Å²) in [6, 6.07) is 15.9. The van der Waals surface area contributed by atoms with Crippen LogP contribution in [-0.2, 0) is 11.3 Å². The van der Waals surface area contributed by atoms with Crippen LogP contribution in [0.3, 0.4) is 0 Å². The van der Waals surface area contributed by atoms with Gasteiger partial charge in [-0.3, -0.25) is 0 Å². The second-order valence-electron chi connectivity index (χ2n) is 6.69. The molecule has 0 aromatic heterocycles. The van der Waals surface area contributed by atoms with Gasteiger partial charge < -0.3 is 9.04 Å². The molecule has 4 rings (SSSR count). The molecule has 0 spiro atoms. The lowest BCUT2D eigenvalue weighted by Crippen LogP contribution is -2.16. The summed E-state index contributed by atoms with van der Waals surface area (Å²) in [5.41, 5.74) is 5.14. The third-order valence-corrected chi connectivity index (χ3v) is 6.04. The van der Waals surface area contributed by atoms with Crippen LogP contribution in [0.2, 0.25) is 0 Å². The molecule has 2 heterocycles. The Hall–Kier alpha value is -2.30. The first kappa shape index (κ1) is 18.1. The van der Waals surface area contributed by atoms with Gasteiger partial charge in [0.15, 0.2) is 0 Å². The summed E-state index contributed by atoms with van der Waals surface area (Å²) >= 11 is 1.66. The number of allylic oxidation sites excluding steroid dienone is 3. The van der Waals surface area contributed by atoms with Crippen LogP contribution in [0.25, 0.3) is 10.5 Å². The van der Waals surface area contributed by atoms with Crippen molar-refractivity contribution in [3.8, 4) is 0 Å². The molecular weight excluding hydrogens is 357 g/mol. The van der Waals surface area contributed by atoms with Crippen LogP contribution in [0.4, 0.5) is 4.39 Å². The molecule has 2 aromatic carbocycles. The molecule has 0 saturated carbocycles. The highest BCUT2D eigenvalue weighted by atomic mass is 32.2. The van der Waals surface area contributed by atoms with Crippen LogP contribution in [0, 0.1) is 5.82 Å². The fourth-order valence-corrected chi connectivity index (χ4v) is 4.24. The first-order valence-corrected chi connectivity index (χ1v) is 9.93. The molecule has 2 aliphatic rings. The van der Waals surface area contributed by atoms with Gasteiger partial charge in [0.25, 0.3) is 0 Å². The van der Waals surface area contributed by atoms with E-state index in [0.717, 1.165) is 17.7 Å². The Morgan fingerprint density at radius 1 is 1.07 bits per heavy atom. The third kappa shape index (κ3) is 4.18. The predicted molar refractivity (Wildman–Crippen MR) is 111 cm³/mol. The van der Waals surface area contributed by atoms with E-state index in [1.54, 1.807) is 18.0 Å². The number of halogens is 1. The summed E-state index contributed by atoms with van der Waals surface area (Å²) in [6.45, 7) is 3.91. The van der Waals surface area contributed by atoms with E-state index in [0.29, 0.717) is 25.3 Å². The van der Waals surface area contributed by atoms with Crippen LogP contribution in [-0.4, -0.2) is 17.5 Å². The largest absolute Gasteiger partial charge is 0.377 e. The smallest absolute Gasteiger partial charge is 0.128 e. The topological polar surface area (TPSA) is 12.5 Å². The molecule has 0 amide bonds. The Morgan fingerprint density at radius 2 is 1.93 bits per heavy atom. The van der Waals surface area contributed by atoms with Crippen molar-refractivity contribution < 1.29 is 9.13 Å². The monoisotopic (exact) mass is 379 g/mol. The van der Waals surface area contributed by atoms with Crippen molar-refractivity contribution in [1.82, 2.24) is 4.31 Å². The van der Waals surface area contributed by atoms with Crippen LogP contribution >= 0.6 is 11.9 Å². The van der Waals surface area contributed by atoms with E-state index >= 15 is 0 Å². The maximum absolute atomic E-state index is 14.8. The van der Waals surface area contributed by atoms with E-state index in [1.165, 1.54) is 16.0 Å². The lowest BCUT2D eigenvalue weighted by atomic mass is 10.00. The zero-order valence-electron chi connectivity index (χ0n) is 15.3. The van der Waals surface area contributed by atoms with Gasteiger partial charge in [0.1, 0.15) is 5.82 Å². The Balaban J connectivity index is 1.51. The van der Waals surface area contributed by atoms with Crippen LogP contribution in [0.15, 0.2) is 72.5 Å². The first-order chi connectivity index (χ1) is 13.2. The lowest BCUT2D eigenvalue weighted by Gasteiger charge is -2.28. The molecule has 138 valence electrons. The number of nitrogens with zero attached hydrogens (tertiary/aromatic N) is 1. The van der Waals surface area contributed by atoms with E-state index in [-0.39, 0.29) is 5.82 Å². The van der Waals surface area contributed by atoms with Crippen LogP contribution in [0.1, 0.15) is 30.0 Å². The average molecular weight is 380 g/mol. The van der Waals surface area contributed by atoms with Crippen molar-refractivity contribution in [2.45, 2.75) is 19.9 Å². The van der Waals surface area contributed by atoms with Gasteiger partial charge in [0, 0.05) is 16.2 Å².